The molecular weight excluding hydrogens is 272 g/mol. The van der Waals surface area contributed by atoms with Crippen molar-refractivity contribution in [3.8, 4) is 0 Å². The highest BCUT2D eigenvalue weighted by molar-refractivity contribution is 5.91. The Bertz CT molecular complexity index is 645. The van der Waals surface area contributed by atoms with Gasteiger partial charge in [-0.05, 0) is 44.5 Å². The lowest BCUT2D eigenvalue weighted by Gasteiger charge is -2.30. The lowest BCUT2D eigenvalue weighted by Crippen LogP contribution is -2.35. The molecule has 1 atom stereocenters. The Hall–Kier alpha value is -1.75. The van der Waals surface area contributed by atoms with Gasteiger partial charge in [0.05, 0.1) is 0 Å². The molecule has 1 aliphatic rings. The molecule has 0 spiro atoms. The highest BCUT2D eigenvalue weighted by Gasteiger charge is 2.17. The summed E-state index contributed by atoms with van der Waals surface area (Å²) in [5.74, 6) is -0.634. The Labute approximate surface area is 123 Å². The average Bonchev–Trinajstić information content (AvgIpc) is 2.45. The van der Waals surface area contributed by atoms with Gasteiger partial charge in [0.15, 0.2) is 5.82 Å². The summed E-state index contributed by atoms with van der Waals surface area (Å²) in [5, 5.41) is 3.83. The van der Waals surface area contributed by atoms with Crippen molar-refractivity contribution in [1.82, 2.24) is 9.88 Å². The van der Waals surface area contributed by atoms with Crippen molar-refractivity contribution in [2.45, 2.75) is 12.8 Å². The van der Waals surface area contributed by atoms with Gasteiger partial charge in [0.25, 0.3) is 0 Å². The van der Waals surface area contributed by atoms with Crippen molar-refractivity contribution < 1.29 is 8.78 Å². The van der Waals surface area contributed by atoms with Crippen LogP contribution < -0.4 is 5.32 Å². The third-order valence-electron chi connectivity index (χ3n) is 4.07. The number of likely N-dealkylation sites (tertiary alicyclic amines) is 1. The first kappa shape index (κ1) is 14.2. The van der Waals surface area contributed by atoms with Crippen molar-refractivity contribution >= 4 is 16.6 Å². The van der Waals surface area contributed by atoms with Gasteiger partial charge in [-0.15, -0.1) is 0 Å². The molecule has 0 saturated carbocycles. The number of nitrogens with one attached hydrogen (secondary N) is 1. The van der Waals surface area contributed by atoms with Crippen molar-refractivity contribution in [2.24, 2.45) is 5.92 Å². The zero-order valence-electron chi connectivity index (χ0n) is 12.1. The van der Waals surface area contributed by atoms with Crippen LogP contribution in [0.5, 0.6) is 0 Å². The standard InChI is InChI=1S/C16H19F2N3/c1-21-6-2-3-11(10-21)9-20-15-4-5-19-16-13(15)7-12(17)8-14(16)18/h4-5,7-8,11H,2-3,6,9-10H2,1H3,(H,19,20). The van der Waals surface area contributed by atoms with Gasteiger partial charge in [-0.2, -0.15) is 0 Å². The van der Waals surface area contributed by atoms with Crippen LogP contribution in [0.2, 0.25) is 0 Å². The lowest BCUT2D eigenvalue weighted by atomic mass is 9.98. The van der Waals surface area contributed by atoms with Crippen LogP contribution in [0.25, 0.3) is 10.9 Å². The number of nitrogens with zero attached hydrogens (tertiary/aromatic N) is 2. The van der Waals surface area contributed by atoms with Gasteiger partial charge in [0, 0.05) is 36.4 Å². The van der Waals surface area contributed by atoms with Crippen LogP contribution in [-0.2, 0) is 0 Å². The number of rotatable bonds is 3. The summed E-state index contributed by atoms with van der Waals surface area (Å²) in [7, 11) is 2.12. The third kappa shape index (κ3) is 3.13. The van der Waals surface area contributed by atoms with E-state index in [4.69, 9.17) is 0 Å². The van der Waals surface area contributed by atoms with E-state index in [1.165, 1.54) is 18.9 Å². The normalized spacial score (nSPS) is 19.9. The fourth-order valence-corrected chi connectivity index (χ4v) is 3.03. The lowest BCUT2D eigenvalue weighted by molar-refractivity contribution is 0.217. The van der Waals surface area contributed by atoms with Gasteiger partial charge in [0.1, 0.15) is 11.3 Å². The third-order valence-corrected chi connectivity index (χ3v) is 4.07. The molecule has 1 N–H and O–H groups in total. The van der Waals surface area contributed by atoms with Crippen LogP contribution in [0.1, 0.15) is 12.8 Å². The van der Waals surface area contributed by atoms with Gasteiger partial charge in [0.2, 0.25) is 0 Å². The number of fused-ring (bicyclic) bond motifs is 1. The number of halogens is 2. The van der Waals surface area contributed by atoms with E-state index in [0.29, 0.717) is 11.3 Å². The first-order valence-corrected chi connectivity index (χ1v) is 7.29. The smallest absolute Gasteiger partial charge is 0.152 e. The summed E-state index contributed by atoms with van der Waals surface area (Å²) in [6.07, 6.45) is 3.94. The minimum atomic E-state index is -0.619. The van der Waals surface area contributed by atoms with Crippen molar-refractivity contribution in [1.29, 1.82) is 0 Å². The minimum absolute atomic E-state index is 0.210. The molecule has 1 aromatic heterocycles. The van der Waals surface area contributed by atoms with Gasteiger partial charge >= 0.3 is 0 Å². The molecule has 0 amide bonds. The van der Waals surface area contributed by atoms with Crippen LogP contribution >= 0.6 is 0 Å². The molecule has 5 heteroatoms. The second kappa shape index (κ2) is 5.93. The molecule has 3 nitrogen and oxygen atoms in total. The maximum atomic E-state index is 13.7. The van der Waals surface area contributed by atoms with Crippen molar-refractivity contribution in [3.63, 3.8) is 0 Å². The summed E-state index contributed by atoms with van der Waals surface area (Å²) in [6, 6.07) is 3.98. The number of piperidine rings is 1. The number of aromatic nitrogens is 1. The van der Waals surface area contributed by atoms with E-state index in [1.54, 1.807) is 12.3 Å². The summed E-state index contributed by atoms with van der Waals surface area (Å²) < 4.78 is 27.2. The van der Waals surface area contributed by atoms with Crippen LogP contribution in [-0.4, -0.2) is 36.6 Å². The van der Waals surface area contributed by atoms with Crippen LogP contribution in [0, 0.1) is 17.6 Å². The van der Waals surface area contributed by atoms with E-state index < -0.39 is 11.6 Å². The fourth-order valence-electron chi connectivity index (χ4n) is 3.03. The molecule has 112 valence electrons. The molecule has 0 aliphatic carbocycles. The van der Waals surface area contributed by atoms with Crippen molar-refractivity contribution in [2.75, 3.05) is 32.0 Å². The second-order valence-electron chi connectivity index (χ2n) is 5.79. The SMILES string of the molecule is CN1CCCC(CNc2ccnc3c(F)cc(F)cc23)C1. The highest BCUT2D eigenvalue weighted by Crippen LogP contribution is 2.25. The average molecular weight is 291 g/mol. The minimum Gasteiger partial charge on any atom is -0.384 e. The Kier molecular flexibility index (Phi) is 4.01. The Morgan fingerprint density at radius 1 is 1.38 bits per heavy atom. The molecule has 2 heterocycles. The highest BCUT2D eigenvalue weighted by atomic mass is 19.1. The predicted octanol–water partition coefficient (Wildman–Crippen LogP) is 3.27. The number of pyridine rings is 1. The van der Waals surface area contributed by atoms with Crippen LogP contribution in [0.3, 0.4) is 0 Å². The van der Waals surface area contributed by atoms with Gasteiger partial charge < -0.3 is 10.2 Å². The first-order valence-electron chi connectivity index (χ1n) is 7.29. The molecule has 21 heavy (non-hydrogen) atoms. The van der Waals surface area contributed by atoms with E-state index in [0.717, 1.165) is 31.4 Å². The molecule has 0 radical (unpaired) electrons. The topological polar surface area (TPSA) is 28.2 Å². The first-order chi connectivity index (χ1) is 10.1. The molecule has 1 aromatic carbocycles. The maximum absolute atomic E-state index is 13.7. The Morgan fingerprint density at radius 3 is 3.05 bits per heavy atom. The monoisotopic (exact) mass is 291 g/mol. The fraction of sp³-hybridized carbons (Fsp3) is 0.438. The molecule has 0 bridgehead atoms. The molecule has 3 rings (SSSR count). The molecule has 2 aromatic rings. The Balaban J connectivity index is 1.80. The van der Waals surface area contributed by atoms with Crippen LogP contribution in [0.4, 0.5) is 14.5 Å². The van der Waals surface area contributed by atoms with E-state index >= 15 is 0 Å². The second-order valence-corrected chi connectivity index (χ2v) is 5.79. The van der Waals surface area contributed by atoms with E-state index in [1.807, 2.05) is 0 Å². The van der Waals surface area contributed by atoms with Gasteiger partial charge in [-0.1, -0.05) is 0 Å². The van der Waals surface area contributed by atoms with E-state index in [2.05, 4.69) is 22.2 Å². The summed E-state index contributed by atoms with van der Waals surface area (Å²) in [6.45, 7) is 3.01. The molecule has 1 unspecified atom stereocenters. The quantitative estimate of drug-likeness (QED) is 0.940. The molecule has 1 aliphatic heterocycles. The summed E-state index contributed by atoms with van der Waals surface area (Å²) >= 11 is 0. The largest absolute Gasteiger partial charge is 0.384 e. The zero-order chi connectivity index (χ0) is 14.8. The zero-order valence-corrected chi connectivity index (χ0v) is 12.1. The van der Waals surface area contributed by atoms with Gasteiger partial charge in [-0.3, -0.25) is 4.98 Å². The number of anilines is 1. The van der Waals surface area contributed by atoms with Crippen LogP contribution in [0.15, 0.2) is 24.4 Å². The van der Waals surface area contributed by atoms with E-state index in [-0.39, 0.29) is 5.52 Å². The molecule has 1 saturated heterocycles. The van der Waals surface area contributed by atoms with Gasteiger partial charge in [-0.25, -0.2) is 8.78 Å². The molecule has 1 fully saturated rings. The maximum Gasteiger partial charge on any atom is 0.152 e. The van der Waals surface area contributed by atoms with Crippen molar-refractivity contribution in [3.05, 3.63) is 36.0 Å². The van der Waals surface area contributed by atoms with E-state index in [9.17, 15) is 8.78 Å². The number of hydrogen-bond donors (Lipinski definition) is 1. The number of benzene rings is 1. The summed E-state index contributed by atoms with van der Waals surface area (Å²) in [5.41, 5.74) is 0.953. The number of hydrogen-bond acceptors (Lipinski definition) is 3. The Morgan fingerprint density at radius 2 is 2.24 bits per heavy atom. The summed E-state index contributed by atoms with van der Waals surface area (Å²) in [4.78, 5) is 6.32. The molecular formula is C16H19F2N3. The predicted molar refractivity (Wildman–Crippen MR) is 80.4 cm³/mol.